The number of hydrogen-bond acceptors (Lipinski definition) is 4. The minimum Gasteiger partial charge on any atom is -0.394 e. The fourth-order valence-electron chi connectivity index (χ4n) is 1.60. The standard InChI is InChI=1S/C11H14N4O/c1-8-13-14-11(10(12)7-16)15(8)9-5-3-2-4-6-9/h2-6,10,16H,7,12H2,1H3/t10-/m1/s1. The molecule has 0 saturated heterocycles. The summed E-state index contributed by atoms with van der Waals surface area (Å²) in [5.41, 5.74) is 6.72. The maximum atomic E-state index is 9.06. The number of nitrogens with zero attached hydrogens (tertiary/aromatic N) is 3. The molecule has 1 aromatic carbocycles. The van der Waals surface area contributed by atoms with E-state index in [2.05, 4.69) is 10.2 Å². The van der Waals surface area contributed by atoms with Gasteiger partial charge in [0, 0.05) is 5.69 Å². The summed E-state index contributed by atoms with van der Waals surface area (Å²) in [7, 11) is 0. The molecule has 1 aromatic heterocycles. The van der Waals surface area contributed by atoms with E-state index < -0.39 is 6.04 Å². The molecule has 0 radical (unpaired) electrons. The first-order chi connectivity index (χ1) is 7.74. The molecule has 0 spiro atoms. The van der Waals surface area contributed by atoms with E-state index in [0.29, 0.717) is 5.82 Å². The third-order valence-corrected chi connectivity index (χ3v) is 2.39. The van der Waals surface area contributed by atoms with Gasteiger partial charge in [-0.05, 0) is 19.1 Å². The van der Waals surface area contributed by atoms with Crippen molar-refractivity contribution in [2.45, 2.75) is 13.0 Å². The van der Waals surface area contributed by atoms with Gasteiger partial charge in [-0.3, -0.25) is 4.57 Å². The summed E-state index contributed by atoms with van der Waals surface area (Å²) in [6.45, 7) is 1.71. The first kappa shape index (κ1) is 10.8. The maximum Gasteiger partial charge on any atom is 0.156 e. The third-order valence-electron chi connectivity index (χ3n) is 2.39. The Bertz CT molecular complexity index is 466. The number of aryl methyl sites for hydroxylation is 1. The van der Waals surface area contributed by atoms with Crippen molar-refractivity contribution in [1.29, 1.82) is 0 Å². The lowest BCUT2D eigenvalue weighted by atomic mass is 10.2. The number of hydrogen-bond donors (Lipinski definition) is 2. The van der Waals surface area contributed by atoms with E-state index in [1.54, 1.807) is 0 Å². The third kappa shape index (κ3) is 1.82. The number of rotatable bonds is 3. The van der Waals surface area contributed by atoms with Gasteiger partial charge in [0.1, 0.15) is 5.82 Å². The number of benzene rings is 1. The number of aliphatic hydroxyl groups excluding tert-OH is 1. The molecule has 1 atom stereocenters. The van der Waals surface area contributed by atoms with Crippen molar-refractivity contribution in [2.24, 2.45) is 5.73 Å². The molecule has 0 aliphatic rings. The molecule has 5 heteroatoms. The second-order valence-corrected chi connectivity index (χ2v) is 3.57. The van der Waals surface area contributed by atoms with Crippen LogP contribution in [0, 0.1) is 6.92 Å². The summed E-state index contributed by atoms with van der Waals surface area (Å²) in [5, 5.41) is 17.0. The Hall–Kier alpha value is -1.72. The van der Waals surface area contributed by atoms with Crippen LogP contribution in [0.1, 0.15) is 17.7 Å². The lowest BCUT2D eigenvalue weighted by Gasteiger charge is -2.11. The average Bonchev–Trinajstić information content (AvgIpc) is 2.71. The molecule has 1 heterocycles. The Labute approximate surface area is 93.5 Å². The van der Waals surface area contributed by atoms with Crippen LogP contribution in [0.25, 0.3) is 5.69 Å². The lowest BCUT2D eigenvalue weighted by molar-refractivity contribution is 0.262. The molecule has 0 bridgehead atoms. The van der Waals surface area contributed by atoms with Crippen molar-refractivity contribution in [3.63, 3.8) is 0 Å². The predicted octanol–water partition coefficient (Wildman–Crippen LogP) is 0.568. The van der Waals surface area contributed by atoms with Crippen LogP contribution in [0.5, 0.6) is 0 Å². The quantitative estimate of drug-likeness (QED) is 0.789. The van der Waals surface area contributed by atoms with Gasteiger partial charge in [0.15, 0.2) is 5.82 Å². The van der Waals surface area contributed by atoms with Gasteiger partial charge < -0.3 is 10.8 Å². The smallest absolute Gasteiger partial charge is 0.156 e. The molecule has 0 aliphatic carbocycles. The molecule has 0 unspecified atom stereocenters. The van der Waals surface area contributed by atoms with Crippen LogP contribution < -0.4 is 5.73 Å². The van der Waals surface area contributed by atoms with E-state index in [1.165, 1.54) is 0 Å². The van der Waals surface area contributed by atoms with Crippen molar-refractivity contribution >= 4 is 0 Å². The molecular weight excluding hydrogens is 204 g/mol. The molecule has 0 saturated carbocycles. The Kier molecular flexibility index (Phi) is 2.98. The van der Waals surface area contributed by atoms with Crippen LogP contribution in [0.4, 0.5) is 0 Å². The first-order valence-corrected chi connectivity index (χ1v) is 5.08. The van der Waals surface area contributed by atoms with Gasteiger partial charge in [-0.15, -0.1) is 10.2 Å². The molecule has 0 fully saturated rings. The number of aliphatic hydroxyl groups is 1. The van der Waals surface area contributed by atoms with Gasteiger partial charge in [-0.25, -0.2) is 0 Å². The SMILES string of the molecule is Cc1nnc([C@H](N)CO)n1-c1ccccc1. The average molecular weight is 218 g/mol. The highest BCUT2D eigenvalue weighted by Gasteiger charge is 2.16. The molecule has 16 heavy (non-hydrogen) atoms. The predicted molar refractivity (Wildman–Crippen MR) is 60.1 cm³/mol. The van der Waals surface area contributed by atoms with Gasteiger partial charge in [0.25, 0.3) is 0 Å². The van der Waals surface area contributed by atoms with E-state index in [1.807, 2.05) is 41.8 Å². The van der Waals surface area contributed by atoms with Crippen LogP contribution in [-0.4, -0.2) is 26.5 Å². The molecule has 84 valence electrons. The van der Waals surface area contributed by atoms with Crippen molar-refractivity contribution in [1.82, 2.24) is 14.8 Å². The lowest BCUT2D eigenvalue weighted by Crippen LogP contribution is -2.19. The van der Waals surface area contributed by atoms with Crippen LogP contribution in [0.3, 0.4) is 0 Å². The fraction of sp³-hybridized carbons (Fsp3) is 0.273. The van der Waals surface area contributed by atoms with E-state index >= 15 is 0 Å². The summed E-state index contributed by atoms with van der Waals surface area (Å²) in [6, 6.07) is 9.19. The molecular formula is C11H14N4O. The summed E-state index contributed by atoms with van der Waals surface area (Å²) in [4.78, 5) is 0. The topological polar surface area (TPSA) is 77.0 Å². The molecule has 3 N–H and O–H groups in total. The number of para-hydroxylation sites is 1. The van der Waals surface area contributed by atoms with Gasteiger partial charge in [-0.2, -0.15) is 0 Å². The van der Waals surface area contributed by atoms with Crippen LogP contribution in [-0.2, 0) is 0 Å². The van der Waals surface area contributed by atoms with E-state index in [-0.39, 0.29) is 6.61 Å². The maximum absolute atomic E-state index is 9.06. The van der Waals surface area contributed by atoms with E-state index in [0.717, 1.165) is 11.5 Å². The highest BCUT2D eigenvalue weighted by atomic mass is 16.3. The monoisotopic (exact) mass is 218 g/mol. The highest BCUT2D eigenvalue weighted by Crippen LogP contribution is 2.16. The van der Waals surface area contributed by atoms with Gasteiger partial charge in [-0.1, -0.05) is 18.2 Å². The first-order valence-electron chi connectivity index (χ1n) is 5.08. The zero-order valence-electron chi connectivity index (χ0n) is 9.04. The van der Waals surface area contributed by atoms with E-state index in [4.69, 9.17) is 10.8 Å². The van der Waals surface area contributed by atoms with Gasteiger partial charge in [0.2, 0.25) is 0 Å². The normalized spacial score (nSPS) is 12.7. The van der Waals surface area contributed by atoms with Crippen molar-refractivity contribution in [3.05, 3.63) is 42.0 Å². The molecule has 0 amide bonds. The Balaban J connectivity index is 2.52. The van der Waals surface area contributed by atoms with Crippen molar-refractivity contribution in [2.75, 3.05) is 6.61 Å². The summed E-state index contributed by atoms with van der Waals surface area (Å²) in [5.74, 6) is 1.33. The summed E-state index contributed by atoms with van der Waals surface area (Å²) < 4.78 is 1.85. The molecule has 2 rings (SSSR count). The van der Waals surface area contributed by atoms with E-state index in [9.17, 15) is 0 Å². The second-order valence-electron chi connectivity index (χ2n) is 3.57. The summed E-state index contributed by atoms with van der Waals surface area (Å²) >= 11 is 0. The Morgan fingerprint density at radius 3 is 2.62 bits per heavy atom. The molecule has 0 aliphatic heterocycles. The van der Waals surface area contributed by atoms with Crippen LogP contribution in [0.15, 0.2) is 30.3 Å². The zero-order chi connectivity index (χ0) is 11.5. The Morgan fingerprint density at radius 2 is 2.00 bits per heavy atom. The summed E-state index contributed by atoms with van der Waals surface area (Å²) in [6.07, 6.45) is 0. The number of aromatic nitrogens is 3. The Morgan fingerprint density at radius 1 is 1.31 bits per heavy atom. The largest absolute Gasteiger partial charge is 0.394 e. The van der Waals surface area contributed by atoms with Crippen LogP contribution in [0.2, 0.25) is 0 Å². The van der Waals surface area contributed by atoms with Crippen LogP contribution >= 0.6 is 0 Å². The van der Waals surface area contributed by atoms with Gasteiger partial charge >= 0.3 is 0 Å². The minimum atomic E-state index is -0.513. The zero-order valence-corrected chi connectivity index (χ0v) is 9.04. The molecule has 2 aromatic rings. The number of nitrogens with two attached hydrogens (primary N) is 1. The molecule has 5 nitrogen and oxygen atoms in total. The van der Waals surface area contributed by atoms with Crippen molar-refractivity contribution in [3.8, 4) is 5.69 Å². The second kappa shape index (κ2) is 4.42. The van der Waals surface area contributed by atoms with Crippen molar-refractivity contribution < 1.29 is 5.11 Å². The minimum absolute atomic E-state index is 0.148. The fourth-order valence-corrected chi connectivity index (χ4v) is 1.60. The highest BCUT2D eigenvalue weighted by molar-refractivity contribution is 5.34. The van der Waals surface area contributed by atoms with Gasteiger partial charge in [0.05, 0.1) is 12.6 Å².